The second kappa shape index (κ2) is 5.09. The molecule has 1 atom stereocenters. The molecule has 0 spiro atoms. The number of carbonyl (C=O) groups is 1. The summed E-state index contributed by atoms with van der Waals surface area (Å²) < 4.78 is 0. The van der Waals surface area contributed by atoms with Crippen LogP contribution in [-0.2, 0) is 0 Å². The number of carboxylic acid groups (broad SMARTS) is 1. The van der Waals surface area contributed by atoms with Crippen LogP contribution < -0.4 is 4.90 Å². The van der Waals surface area contributed by atoms with Crippen molar-refractivity contribution in [3.63, 3.8) is 0 Å². The van der Waals surface area contributed by atoms with Crippen molar-refractivity contribution in [2.45, 2.75) is 25.4 Å². The molecule has 7 nitrogen and oxygen atoms in total. The summed E-state index contributed by atoms with van der Waals surface area (Å²) >= 11 is 0. The van der Waals surface area contributed by atoms with E-state index in [1.54, 1.807) is 11.8 Å². The number of aromatic carboxylic acids is 1. The van der Waals surface area contributed by atoms with Crippen molar-refractivity contribution in [1.82, 2.24) is 0 Å². The zero-order chi connectivity index (χ0) is 14.9. The van der Waals surface area contributed by atoms with E-state index in [1.807, 2.05) is 0 Å². The topological polar surface area (TPSA) is 104 Å². The molecule has 1 saturated heterocycles. The summed E-state index contributed by atoms with van der Waals surface area (Å²) in [5.74, 6) is -1.13. The second-order valence-corrected chi connectivity index (χ2v) is 5.29. The molecule has 108 valence electrons. The standard InChI is InChI=1S/C13H16N2O5/c1-13(18)5-2-6-14(8-13)11-7-9(12(16)17)3-4-10(11)15(19)20/h3-4,7,18H,2,5-6,8H2,1H3,(H,16,17). The van der Waals surface area contributed by atoms with Gasteiger partial charge in [-0.2, -0.15) is 0 Å². The molecule has 1 aromatic rings. The number of piperidine rings is 1. The maximum Gasteiger partial charge on any atom is 0.335 e. The Morgan fingerprint density at radius 2 is 2.20 bits per heavy atom. The van der Waals surface area contributed by atoms with Gasteiger partial charge in [0.1, 0.15) is 5.69 Å². The number of rotatable bonds is 3. The smallest absolute Gasteiger partial charge is 0.335 e. The van der Waals surface area contributed by atoms with Gasteiger partial charge >= 0.3 is 5.97 Å². The molecule has 0 bridgehead atoms. The maximum absolute atomic E-state index is 11.1. The molecule has 0 aromatic heterocycles. The monoisotopic (exact) mass is 280 g/mol. The molecule has 20 heavy (non-hydrogen) atoms. The fourth-order valence-corrected chi connectivity index (χ4v) is 2.49. The number of carboxylic acids is 1. The summed E-state index contributed by atoms with van der Waals surface area (Å²) in [6.45, 7) is 2.48. The molecule has 1 aromatic carbocycles. The van der Waals surface area contributed by atoms with Crippen LogP contribution >= 0.6 is 0 Å². The van der Waals surface area contributed by atoms with Crippen molar-refractivity contribution in [2.24, 2.45) is 0 Å². The first kappa shape index (κ1) is 14.3. The molecular weight excluding hydrogens is 264 g/mol. The highest BCUT2D eigenvalue weighted by molar-refractivity contribution is 5.90. The minimum absolute atomic E-state index is 0.00387. The summed E-state index contributed by atoms with van der Waals surface area (Å²) in [5, 5.41) is 30.2. The molecule has 1 heterocycles. The molecule has 1 aliphatic rings. The van der Waals surface area contributed by atoms with Crippen molar-refractivity contribution < 1.29 is 19.9 Å². The van der Waals surface area contributed by atoms with E-state index in [4.69, 9.17) is 5.11 Å². The van der Waals surface area contributed by atoms with Gasteiger partial charge in [0.2, 0.25) is 0 Å². The second-order valence-electron chi connectivity index (χ2n) is 5.29. The molecular formula is C13H16N2O5. The lowest BCUT2D eigenvalue weighted by Gasteiger charge is -2.37. The SMILES string of the molecule is CC1(O)CCCN(c2cc(C(=O)O)ccc2[N+](=O)[O-])C1. The number of hydrogen-bond donors (Lipinski definition) is 2. The summed E-state index contributed by atoms with van der Waals surface area (Å²) in [6.07, 6.45) is 1.32. The van der Waals surface area contributed by atoms with Gasteiger partial charge in [0, 0.05) is 19.2 Å². The van der Waals surface area contributed by atoms with Gasteiger partial charge in [0.05, 0.1) is 16.1 Å². The number of aliphatic hydroxyl groups is 1. The number of hydrogen-bond acceptors (Lipinski definition) is 5. The Morgan fingerprint density at radius 3 is 2.75 bits per heavy atom. The Labute approximate surface area is 115 Å². The molecule has 2 N–H and O–H groups in total. The molecule has 1 unspecified atom stereocenters. The first-order chi connectivity index (χ1) is 9.30. The lowest BCUT2D eigenvalue weighted by molar-refractivity contribution is -0.384. The highest BCUT2D eigenvalue weighted by Gasteiger charge is 2.31. The largest absolute Gasteiger partial charge is 0.478 e. The van der Waals surface area contributed by atoms with Crippen molar-refractivity contribution in [3.8, 4) is 0 Å². The normalized spacial score (nSPS) is 22.6. The Morgan fingerprint density at radius 1 is 1.50 bits per heavy atom. The quantitative estimate of drug-likeness (QED) is 0.644. The Hall–Kier alpha value is -2.15. The van der Waals surface area contributed by atoms with Gasteiger partial charge in [-0.05, 0) is 31.9 Å². The predicted octanol–water partition coefficient (Wildman–Crippen LogP) is 1.64. The van der Waals surface area contributed by atoms with Crippen molar-refractivity contribution >= 4 is 17.3 Å². The van der Waals surface area contributed by atoms with E-state index in [0.717, 1.165) is 0 Å². The maximum atomic E-state index is 11.1. The molecule has 1 aliphatic heterocycles. The number of nitro benzene ring substituents is 1. The summed E-state index contributed by atoms with van der Waals surface area (Å²) in [5.41, 5.74) is -0.830. The van der Waals surface area contributed by atoms with Crippen LogP contribution in [0.1, 0.15) is 30.1 Å². The lowest BCUT2D eigenvalue weighted by atomic mass is 9.94. The zero-order valence-electron chi connectivity index (χ0n) is 11.1. The summed E-state index contributed by atoms with van der Waals surface area (Å²) in [6, 6.07) is 3.70. The third kappa shape index (κ3) is 2.88. The van der Waals surface area contributed by atoms with E-state index in [-0.39, 0.29) is 23.5 Å². The van der Waals surface area contributed by atoms with Crippen LogP contribution in [0.4, 0.5) is 11.4 Å². The van der Waals surface area contributed by atoms with Crippen LogP contribution in [0.15, 0.2) is 18.2 Å². The van der Waals surface area contributed by atoms with Crippen LogP contribution in [-0.4, -0.2) is 39.8 Å². The third-order valence-electron chi connectivity index (χ3n) is 3.43. The van der Waals surface area contributed by atoms with Crippen LogP contribution in [0.2, 0.25) is 0 Å². The van der Waals surface area contributed by atoms with Crippen molar-refractivity contribution in [2.75, 3.05) is 18.0 Å². The highest BCUT2D eigenvalue weighted by Crippen LogP contribution is 2.33. The molecule has 0 aliphatic carbocycles. The van der Waals surface area contributed by atoms with E-state index in [1.165, 1.54) is 18.2 Å². The molecule has 7 heteroatoms. The van der Waals surface area contributed by atoms with Crippen molar-refractivity contribution in [3.05, 3.63) is 33.9 Å². The highest BCUT2D eigenvalue weighted by atomic mass is 16.6. The Balaban J connectivity index is 2.44. The fourth-order valence-electron chi connectivity index (χ4n) is 2.49. The number of benzene rings is 1. The average Bonchev–Trinajstić information content (AvgIpc) is 2.36. The minimum Gasteiger partial charge on any atom is -0.478 e. The van der Waals surface area contributed by atoms with Gasteiger partial charge in [0.25, 0.3) is 5.69 Å². The van der Waals surface area contributed by atoms with Gasteiger partial charge in [0.15, 0.2) is 0 Å². The summed E-state index contributed by atoms with van der Waals surface area (Å²) in [7, 11) is 0. The number of anilines is 1. The van der Waals surface area contributed by atoms with Gasteiger partial charge in [-0.3, -0.25) is 10.1 Å². The number of β-amino-alcohol motifs (C(OH)–C–C–N with tert-alkyl or cyclic N) is 1. The Kier molecular flexibility index (Phi) is 3.63. The van der Waals surface area contributed by atoms with Crippen LogP contribution in [0.5, 0.6) is 0 Å². The van der Waals surface area contributed by atoms with Gasteiger partial charge in [-0.15, -0.1) is 0 Å². The van der Waals surface area contributed by atoms with Crippen molar-refractivity contribution in [1.29, 1.82) is 0 Å². The summed E-state index contributed by atoms with van der Waals surface area (Å²) in [4.78, 5) is 23.2. The molecule has 1 fully saturated rings. The molecule has 0 amide bonds. The minimum atomic E-state index is -1.13. The number of nitrogens with zero attached hydrogens (tertiary/aromatic N) is 2. The van der Waals surface area contributed by atoms with E-state index in [2.05, 4.69) is 0 Å². The zero-order valence-corrected chi connectivity index (χ0v) is 11.1. The van der Waals surface area contributed by atoms with E-state index < -0.39 is 16.5 Å². The molecule has 2 rings (SSSR count). The first-order valence-electron chi connectivity index (χ1n) is 6.29. The lowest BCUT2D eigenvalue weighted by Crippen LogP contribution is -2.46. The first-order valence-corrected chi connectivity index (χ1v) is 6.29. The van der Waals surface area contributed by atoms with Crippen LogP contribution in [0.25, 0.3) is 0 Å². The third-order valence-corrected chi connectivity index (χ3v) is 3.43. The number of nitro groups is 1. The average molecular weight is 280 g/mol. The molecule has 0 saturated carbocycles. The van der Waals surface area contributed by atoms with Gasteiger partial charge in [-0.1, -0.05) is 0 Å². The fraction of sp³-hybridized carbons (Fsp3) is 0.462. The van der Waals surface area contributed by atoms with E-state index in [0.29, 0.717) is 19.4 Å². The molecule has 0 radical (unpaired) electrons. The Bertz CT molecular complexity index is 556. The van der Waals surface area contributed by atoms with Gasteiger partial charge in [-0.25, -0.2) is 4.79 Å². The van der Waals surface area contributed by atoms with Gasteiger partial charge < -0.3 is 15.1 Å². The van der Waals surface area contributed by atoms with E-state index in [9.17, 15) is 20.0 Å². The predicted molar refractivity (Wildman–Crippen MR) is 72.1 cm³/mol. The van der Waals surface area contributed by atoms with Crippen LogP contribution in [0.3, 0.4) is 0 Å². The van der Waals surface area contributed by atoms with Crippen LogP contribution in [0, 0.1) is 10.1 Å². The van der Waals surface area contributed by atoms with E-state index >= 15 is 0 Å².